The fourth-order valence-electron chi connectivity index (χ4n) is 5.85. The van der Waals surface area contributed by atoms with Crippen molar-refractivity contribution in [3.8, 4) is 11.6 Å². The number of rotatable bonds is 4. The predicted octanol–water partition coefficient (Wildman–Crippen LogP) is 5.96. The average Bonchev–Trinajstić information content (AvgIpc) is 3.21. The van der Waals surface area contributed by atoms with Gasteiger partial charge in [0.15, 0.2) is 0 Å². The van der Waals surface area contributed by atoms with E-state index in [-0.39, 0.29) is 11.8 Å². The Kier molecular flexibility index (Phi) is 6.59. The van der Waals surface area contributed by atoms with Gasteiger partial charge in [0.05, 0.1) is 10.4 Å². The van der Waals surface area contributed by atoms with Gasteiger partial charge in [0.25, 0.3) is 5.91 Å². The smallest absolute Gasteiger partial charge is 0.253 e. The van der Waals surface area contributed by atoms with Crippen LogP contribution in [0.2, 0.25) is 5.02 Å². The summed E-state index contributed by atoms with van der Waals surface area (Å²) in [6.07, 6.45) is 6.63. The lowest BCUT2D eigenvalue weighted by molar-refractivity contribution is 0.0580. The van der Waals surface area contributed by atoms with Crippen molar-refractivity contribution in [2.75, 3.05) is 26.2 Å². The molecule has 0 unspecified atom stereocenters. The molecular weight excluding hydrogens is 446 g/mol. The summed E-state index contributed by atoms with van der Waals surface area (Å²) in [5, 5.41) is 12.8. The van der Waals surface area contributed by atoms with Crippen LogP contribution >= 0.6 is 11.6 Å². The third kappa shape index (κ3) is 4.44. The van der Waals surface area contributed by atoms with Crippen LogP contribution in [-0.2, 0) is 0 Å². The van der Waals surface area contributed by atoms with Gasteiger partial charge in [-0.2, -0.15) is 0 Å². The molecule has 0 spiro atoms. The Morgan fingerprint density at radius 1 is 0.971 bits per heavy atom. The minimum Gasteiger partial charge on any atom is -0.494 e. The van der Waals surface area contributed by atoms with E-state index < -0.39 is 0 Å². The molecule has 5 nitrogen and oxygen atoms in total. The first-order valence-electron chi connectivity index (χ1n) is 12.5. The average molecular weight is 480 g/mol. The van der Waals surface area contributed by atoms with Crippen molar-refractivity contribution in [3.63, 3.8) is 0 Å². The van der Waals surface area contributed by atoms with Gasteiger partial charge < -0.3 is 14.9 Å². The molecule has 1 N–H and O–H groups in total. The van der Waals surface area contributed by atoms with E-state index in [1.807, 2.05) is 47.5 Å². The highest BCUT2D eigenvalue weighted by Gasteiger charge is 2.31. The van der Waals surface area contributed by atoms with Crippen LogP contribution in [0.3, 0.4) is 0 Å². The highest BCUT2D eigenvalue weighted by Crippen LogP contribution is 2.36. The summed E-state index contributed by atoms with van der Waals surface area (Å²) in [5.74, 6) is 1.70. The predicted molar refractivity (Wildman–Crippen MR) is 138 cm³/mol. The van der Waals surface area contributed by atoms with Crippen molar-refractivity contribution in [1.29, 1.82) is 0 Å². The third-order valence-electron chi connectivity index (χ3n) is 7.94. The summed E-state index contributed by atoms with van der Waals surface area (Å²) < 4.78 is 1.70. The number of hydrogen-bond donors (Lipinski definition) is 1. The van der Waals surface area contributed by atoms with Gasteiger partial charge in [0.1, 0.15) is 0 Å². The summed E-state index contributed by atoms with van der Waals surface area (Å²) in [6.45, 7) is 8.64. The number of benzene rings is 2. The molecular formula is C28H34ClN3O2. The molecule has 0 aliphatic carbocycles. The van der Waals surface area contributed by atoms with Gasteiger partial charge in [-0.05, 0) is 88.7 Å². The van der Waals surface area contributed by atoms with Crippen LogP contribution in [0, 0.1) is 11.8 Å². The quantitative estimate of drug-likeness (QED) is 0.502. The largest absolute Gasteiger partial charge is 0.494 e. The number of hydrogen-bond acceptors (Lipinski definition) is 3. The van der Waals surface area contributed by atoms with Crippen molar-refractivity contribution in [1.82, 2.24) is 14.4 Å². The van der Waals surface area contributed by atoms with Gasteiger partial charge in [-0.1, -0.05) is 29.8 Å². The molecule has 3 aromatic rings. The lowest BCUT2D eigenvalue weighted by atomic mass is 9.78. The molecule has 2 fully saturated rings. The maximum Gasteiger partial charge on any atom is 0.253 e. The van der Waals surface area contributed by atoms with Crippen molar-refractivity contribution < 1.29 is 9.90 Å². The van der Waals surface area contributed by atoms with E-state index in [4.69, 9.17) is 11.6 Å². The highest BCUT2D eigenvalue weighted by atomic mass is 35.5. The van der Waals surface area contributed by atoms with E-state index in [9.17, 15) is 9.90 Å². The minimum atomic E-state index is 0.0733. The summed E-state index contributed by atoms with van der Waals surface area (Å²) in [5.41, 5.74) is 1.41. The number of likely N-dealkylation sites (tertiary alicyclic amines) is 2. The molecule has 0 radical (unpaired) electrons. The number of amides is 1. The van der Waals surface area contributed by atoms with E-state index in [0.29, 0.717) is 22.0 Å². The Morgan fingerprint density at radius 3 is 2.26 bits per heavy atom. The number of halogens is 1. The zero-order chi connectivity index (χ0) is 23.8. The van der Waals surface area contributed by atoms with Gasteiger partial charge in [0.2, 0.25) is 5.88 Å². The molecule has 1 aromatic heterocycles. The molecule has 0 atom stereocenters. The van der Waals surface area contributed by atoms with Crippen LogP contribution < -0.4 is 0 Å². The van der Waals surface area contributed by atoms with Crippen LogP contribution in [0.15, 0.2) is 48.7 Å². The van der Waals surface area contributed by atoms with Crippen LogP contribution in [0.5, 0.6) is 5.88 Å². The van der Waals surface area contributed by atoms with Crippen molar-refractivity contribution in [3.05, 3.63) is 59.2 Å². The Balaban J connectivity index is 1.26. The molecule has 5 rings (SSSR count). The number of aromatic nitrogens is 1. The second-order valence-corrected chi connectivity index (χ2v) is 10.6. The third-order valence-corrected chi connectivity index (χ3v) is 8.25. The van der Waals surface area contributed by atoms with E-state index in [1.165, 1.54) is 25.9 Å². The number of nitrogens with zero attached hydrogens (tertiary/aromatic N) is 3. The van der Waals surface area contributed by atoms with Crippen LogP contribution in [0.4, 0.5) is 0 Å². The molecule has 0 bridgehead atoms. The second kappa shape index (κ2) is 9.63. The standard InChI is InChI=1S/C28H34ClN3O2/c1-19(2)30-13-9-20(10-14-30)21-11-15-31(16-12-21)27(33)22-5-3-7-24(17-22)32-18-23-6-4-8-25(29)26(23)28(32)34/h3-8,17-21,34H,9-16H2,1-2H3. The Bertz CT molecular complexity index is 1170. The first-order valence-corrected chi connectivity index (χ1v) is 12.9. The van der Waals surface area contributed by atoms with Gasteiger partial charge >= 0.3 is 0 Å². The normalized spacial score (nSPS) is 18.8. The number of aromatic hydroxyl groups is 1. The number of piperidine rings is 2. The summed E-state index contributed by atoms with van der Waals surface area (Å²) in [6, 6.07) is 13.7. The molecule has 6 heteroatoms. The second-order valence-electron chi connectivity index (χ2n) is 10.2. The number of carbonyl (C=O) groups excluding carboxylic acids is 1. The van der Waals surface area contributed by atoms with E-state index in [1.54, 1.807) is 10.6 Å². The topological polar surface area (TPSA) is 48.7 Å². The first kappa shape index (κ1) is 23.3. The molecule has 2 aliphatic heterocycles. The molecule has 0 saturated carbocycles. The van der Waals surface area contributed by atoms with E-state index in [0.717, 1.165) is 48.8 Å². The zero-order valence-electron chi connectivity index (χ0n) is 20.1. The van der Waals surface area contributed by atoms with Gasteiger partial charge in [-0.15, -0.1) is 0 Å². The lowest BCUT2D eigenvalue weighted by Gasteiger charge is -2.41. The van der Waals surface area contributed by atoms with E-state index >= 15 is 0 Å². The van der Waals surface area contributed by atoms with Gasteiger partial charge in [0, 0.05) is 42.0 Å². The van der Waals surface area contributed by atoms with Crippen molar-refractivity contribution in [2.45, 2.75) is 45.6 Å². The fraction of sp³-hybridized carbons (Fsp3) is 0.464. The van der Waals surface area contributed by atoms with Gasteiger partial charge in [-0.3, -0.25) is 9.36 Å². The molecule has 180 valence electrons. The number of carbonyl (C=O) groups is 1. The first-order chi connectivity index (χ1) is 16.4. The van der Waals surface area contributed by atoms with Crippen LogP contribution in [0.1, 0.15) is 49.9 Å². The molecule has 2 aliphatic rings. The minimum absolute atomic E-state index is 0.0733. The summed E-state index contributed by atoms with van der Waals surface area (Å²) >= 11 is 6.30. The Labute approximate surface area is 206 Å². The van der Waals surface area contributed by atoms with Gasteiger partial charge in [-0.25, -0.2) is 0 Å². The fourth-order valence-corrected chi connectivity index (χ4v) is 6.12. The molecule has 3 heterocycles. The molecule has 2 aromatic carbocycles. The molecule has 2 saturated heterocycles. The Morgan fingerprint density at radius 2 is 1.62 bits per heavy atom. The van der Waals surface area contributed by atoms with Crippen LogP contribution in [0.25, 0.3) is 16.5 Å². The maximum absolute atomic E-state index is 13.3. The highest BCUT2D eigenvalue weighted by molar-refractivity contribution is 6.36. The Hall–Kier alpha value is -2.50. The maximum atomic E-state index is 13.3. The summed E-state index contributed by atoms with van der Waals surface area (Å²) in [7, 11) is 0. The summed E-state index contributed by atoms with van der Waals surface area (Å²) in [4.78, 5) is 17.9. The van der Waals surface area contributed by atoms with Crippen molar-refractivity contribution >= 4 is 28.3 Å². The molecule has 1 amide bonds. The monoisotopic (exact) mass is 479 g/mol. The SMILES string of the molecule is CC(C)N1CCC(C2CCN(C(=O)c3cccc(-n4cc5cccc(Cl)c5c4O)c3)CC2)CC1. The lowest BCUT2D eigenvalue weighted by Crippen LogP contribution is -2.44. The van der Waals surface area contributed by atoms with Crippen molar-refractivity contribution in [2.24, 2.45) is 11.8 Å². The number of fused-ring (bicyclic) bond motifs is 1. The van der Waals surface area contributed by atoms with E-state index in [2.05, 4.69) is 18.7 Å². The van der Waals surface area contributed by atoms with Crippen LogP contribution in [-0.4, -0.2) is 57.6 Å². The molecule has 34 heavy (non-hydrogen) atoms. The zero-order valence-corrected chi connectivity index (χ0v) is 20.8.